The van der Waals surface area contributed by atoms with E-state index >= 15 is 0 Å². The minimum atomic E-state index is -0.588. The lowest BCUT2D eigenvalue weighted by Gasteiger charge is -2.13. The summed E-state index contributed by atoms with van der Waals surface area (Å²) in [6.45, 7) is 5.56. The van der Waals surface area contributed by atoms with Gasteiger partial charge in [-0.2, -0.15) is 4.98 Å². The molecule has 0 fully saturated rings. The van der Waals surface area contributed by atoms with Crippen molar-refractivity contribution in [2.75, 3.05) is 12.4 Å². The number of halogens is 1. The molecule has 0 bridgehead atoms. The number of anilines is 2. The normalized spacial score (nSPS) is 10.5. The maximum atomic E-state index is 11.8. The second kappa shape index (κ2) is 8.32. The first-order chi connectivity index (χ1) is 13.8. The van der Waals surface area contributed by atoms with Crippen molar-refractivity contribution in [2.45, 2.75) is 20.8 Å². The van der Waals surface area contributed by atoms with Gasteiger partial charge in [-0.05, 0) is 61.7 Å². The van der Waals surface area contributed by atoms with E-state index < -0.39 is 4.92 Å². The van der Waals surface area contributed by atoms with E-state index in [1.54, 1.807) is 24.3 Å². The number of rotatable bonds is 6. The number of nitrogens with zero attached hydrogens (tertiary/aromatic N) is 3. The highest BCUT2D eigenvalue weighted by Crippen LogP contribution is 2.38. The predicted molar refractivity (Wildman–Crippen MR) is 111 cm³/mol. The first kappa shape index (κ1) is 20.3. The van der Waals surface area contributed by atoms with Crippen molar-refractivity contribution >= 4 is 28.8 Å². The summed E-state index contributed by atoms with van der Waals surface area (Å²) in [4.78, 5) is 19.2. The second-order valence-corrected chi connectivity index (χ2v) is 6.81. The molecule has 1 heterocycles. The Morgan fingerprint density at radius 3 is 2.41 bits per heavy atom. The van der Waals surface area contributed by atoms with Crippen LogP contribution in [0, 0.1) is 30.9 Å². The predicted octanol–water partition coefficient (Wildman–Crippen LogP) is 5.51. The Balaban J connectivity index is 2.03. The SMILES string of the molecule is COc1ccc(C)cc1Nc1ncnc(Oc2cc(C)c(Cl)c(C)c2)c1[N+](=O)[O-]. The smallest absolute Gasteiger partial charge is 0.373 e. The Morgan fingerprint density at radius 1 is 1.10 bits per heavy atom. The van der Waals surface area contributed by atoms with Crippen LogP contribution in [0.4, 0.5) is 17.2 Å². The summed E-state index contributed by atoms with van der Waals surface area (Å²) in [5, 5.41) is 15.4. The van der Waals surface area contributed by atoms with Crippen LogP contribution in [0.25, 0.3) is 0 Å². The van der Waals surface area contributed by atoms with Crippen molar-refractivity contribution in [1.82, 2.24) is 9.97 Å². The molecule has 0 aliphatic rings. The molecule has 9 heteroatoms. The van der Waals surface area contributed by atoms with Gasteiger partial charge in [-0.1, -0.05) is 17.7 Å². The average Bonchev–Trinajstić information content (AvgIpc) is 2.66. The number of hydrogen-bond donors (Lipinski definition) is 1. The van der Waals surface area contributed by atoms with Gasteiger partial charge in [0, 0.05) is 5.02 Å². The van der Waals surface area contributed by atoms with Crippen LogP contribution in [0.15, 0.2) is 36.7 Å². The Labute approximate surface area is 172 Å². The third-order valence-corrected chi connectivity index (χ3v) is 4.80. The molecule has 1 aromatic heterocycles. The monoisotopic (exact) mass is 414 g/mol. The van der Waals surface area contributed by atoms with Gasteiger partial charge in [-0.3, -0.25) is 10.1 Å². The fourth-order valence-electron chi connectivity index (χ4n) is 2.82. The lowest BCUT2D eigenvalue weighted by Crippen LogP contribution is -2.04. The molecule has 3 rings (SSSR count). The van der Waals surface area contributed by atoms with Gasteiger partial charge in [0.1, 0.15) is 17.8 Å². The summed E-state index contributed by atoms with van der Waals surface area (Å²) >= 11 is 6.18. The van der Waals surface area contributed by atoms with Gasteiger partial charge in [0.2, 0.25) is 5.82 Å². The van der Waals surface area contributed by atoms with Gasteiger partial charge >= 0.3 is 11.6 Å². The summed E-state index contributed by atoms with van der Waals surface area (Å²) in [6.07, 6.45) is 1.20. The average molecular weight is 415 g/mol. The van der Waals surface area contributed by atoms with Gasteiger partial charge in [-0.25, -0.2) is 4.98 Å². The number of ether oxygens (including phenoxy) is 2. The third-order valence-electron chi connectivity index (χ3n) is 4.20. The van der Waals surface area contributed by atoms with Gasteiger partial charge in [-0.15, -0.1) is 0 Å². The van der Waals surface area contributed by atoms with Crippen LogP contribution in [0.1, 0.15) is 16.7 Å². The Kier molecular flexibility index (Phi) is 5.84. The Hall–Kier alpha value is -3.39. The highest BCUT2D eigenvalue weighted by molar-refractivity contribution is 6.32. The number of nitro groups is 1. The number of aromatic nitrogens is 2. The van der Waals surface area contributed by atoms with E-state index in [2.05, 4.69) is 15.3 Å². The fourth-order valence-corrected chi connectivity index (χ4v) is 2.93. The Morgan fingerprint density at radius 2 is 1.79 bits per heavy atom. The molecular weight excluding hydrogens is 396 g/mol. The molecule has 0 saturated carbocycles. The van der Waals surface area contributed by atoms with Gasteiger partial charge in [0.05, 0.1) is 17.7 Å². The molecule has 1 N–H and O–H groups in total. The topological polar surface area (TPSA) is 99.4 Å². The molecule has 0 radical (unpaired) electrons. The van der Waals surface area contributed by atoms with E-state index in [0.29, 0.717) is 22.2 Å². The van der Waals surface area contributed by atoms with Gasteiger partial charge < -0.3 is 14.8 Å². The summed E-state index contributed by atoms with van der Waals surface area (Å²) in [5.74, 6) is 0.728. The van der Waals surface area contributed by atoms with Crippen LogP contribution in [-0.2, 0) is 0 Å². The lowest BCUT2D eigenvalue weighted by atomic mass is 10.1. The third kappa shape index (κ3) is 4.38. The molecule has 2 aromatic carbocycles. The van der Waals surface area contributed by atoms with Crippen LogP contribution < -0.4 is 14.8 Å². The van der Waals surface area contributed by atoms with E-state index in [-0.39, 0.29) is 17.4 Å². The zero-order valence-corrected chi connectivity index (χ0v) is 17.1. The van der Waals surface area contributed by atoms with Crippen molar-refractivity contribution in [3.63, 3.8) is 0 Å². The minimum Gasteiger partial charge on any atom is -0.495 e. The number of methoxy groups -OCH3 is 1. The molecule has 0 amide bonds. The zero-order chi connectivity index (χ0) is 21.1. The van der Waals surface area contributed by atoms with Crippen LogP contribution in [0.2, 0.25) is 5.02 Å². The summed E-state index contributed by atoms with van der Waals surface area (Å²) in [5.41, 5.74) is 2.69. The molecule has 0 unspecified atom stereocenters. The molecule has 3 aromatic rings. The van der Waals surface area contributed by atoms with Crippen molar-refractivity contribution in [1.29, 1.82) is 0 Å². The molecule has 0 aliphatic heterocycles. The van der Waals surface area contributed by atoms with Crippen LogP contribution in [-0.4, -0.2) is 22.0 Å². The number of nitrogens with one attached hydrogen (secondary N) is 1. The minimum absolute atomic E-state index is 0.00805. The van der Waals surface area contributed by atoms with Gasteiger partial charge in [0.15, 0.2) is 0 Å². The van der Waals surface area contributed by atoms with Gasteiger partial charge in [0.25, 0.3) is 0 Å². The maximum absolute atomic E-state index is 11.8. The fraction of sp³-hybridized carbons (Fsp3) is 0.200. The highest BCUT2D eigenvalue weighted by atomic mass is 35.5. The summed E-state index contributed by atoms with van der Waals surface area (Å²) < 4.78 is 11.0. The summed E-state index contributed by atoms with van der Waals surface area (Å²) in [6, 6.07) is 8.83. The maximum Gasteiger partial charge on any atom is 0.373 e. The van der Waals surface area contributed by atoms with E-state index in [1.807, 2.05) is 26.8 Å². The van der Waals surface area contributed by atoms with Crippen molar-refractivity contribution in [3.8, 4) is 17.4 Å². The van der Waals surface area contributed by atoms with Crippen molar-refractivity contribution < 1.29 is 14.4 Å². The van der Waals surface area contributed by atoms with E-state index in [4.69, 9.17) is 21.1 Å². The van der Waals surface area contributed by atoms with Crippen LogP contribution >= 0.6 is 11.6 Å². The quantitative estimate of drug-likeness (QED) is 0.419. The van der Waals surface area contributed by atoms with Crippen LogP contribution in [0.3, 0.4) is 0 Å². The number of hydrogen-bond acceptors (Lipinski definition) is 7. The second-order valence-electron chi connectivity index (χ2n) is 6.43. The molecule has 0 aliphatic carbocycles. The van der Waals surface area contributed by atoms with Crippen molar-refractivity contribution in [3.05, 3.63) is 68.5 Å². The van der Waals surface area contributed by atoms with Crippen molar-refractivity contribution in [2.24, 2.45) is 0 Å². The zero-order valence-electron chi connectivity index (χ0n) is 16.3. The van der Waals surface area contributed by atoms with E-state index in [9.17, 15) is 10.1 Å². The largest absolute Gasteiger partial charge is 0.495 e. The number of benzene rings is 2. The summed E-state index contributed by atoms with van der Waals surface area (Å²) in [7, 11) is 1.52. The molecule has 8 nitrogen and oxygen atoms in total. The first-order valence-electron chi connectivity index (χ1n) is 8.65. The van der Waals surface area contributed by atoms with E-state index in [0.717, 1.165) is 16.7 Å². The molecular formula is C20H19ClN4O4. The highest BCUT2D eigenvalue weighted by Gasteiger charge is 2.26. The molecule has 29 heavy (non-hydrogen) atoms. The Bertz CT molecular complexity index is 1070. The lowest BCUT2D eigenvalue weighted by molar-refractivity contribution is -0.385. The first-order valence-corrected chi connectivity index (χ1v) is 9.03. The molecule has 0 spiro atoms. The standard InChI is InChI=1S/C20H19ClN4O4/c1-11-5-6-16(28-4)15(7-11)24-19-18(25(26)27)20(23-10-22-19)29-14-8-12(2)17(21)13(3)9-14/h5-10H,1-4H3,(H,22,23,24). The van der Waals surface area contributed by atoms with Crippen LogP contribution in [0.5, 0.6) is 17.4 Å². The molecule has 150 valence electrons. The van der Waals surface area contributed by atoms with E-state index in [1.165, 1.54) is 13.4 Å². The molecule has 0 saturated heterocycles. The molecule has 0 atom stereocenters. The number of aryl methyl sites for hydroxylation is 3.